The molecule has 0 saturated carbocycles. The lowest BCUT2D eigenvalue weighted by molar-refractivity contribution is -0.137. The van der Waals surface area contributed by atoms with Crippen molar-refractivity contribution in [2.24, 2.45) is 0 Å². The van der Waals surface area contributed by atoms with Crippen LogP contribution >= 0.6 is 0 Å². The Hall–Kier alpha value is -3.93. The predicted octanol–water partition coefficient (Wildman–Crippen LogP) is 4.29. The average molecular weight is 428 g/mol. The third-order valence-electron chi connectivity index (χ3n) is 5.34. The van der Waals surface area contributed by atoms with Gasteiger partial charge < -0.3 is 9.64 Å². The van der Waals surface area contributed by atoms with Gasteiger partial charge in [0.15, 0.2) is 0 Å². The molecule has 0 unspecified atom stereocenters. The van der Waals surface area contributed by atoms with Gasteiger partial charge in [-0.2, -0.15) is 0 Å². The maximum absolute atomic E-state index is 13.6. The maximum atomic E-state index is 13.6. The van der Waals surface area contributed by atoms with Crippen molar-refractivity contribution in [2.45, 2.75) is 20.4 Å². The first-order valence-electron chi connectivity index (χ1n) is 10.7. The molecule has 6 nitrogen and oxygen atoms in total. The molecule has 3 aromatic rings. The fourth-order valence-corrected chi connectivity index (χ4v) is 3.85. The first-order chi connectivity index (χ1) is 15.6. The van der Waals surface area contributed by atoms with E-state index in [-0.39, 0.29) is 18.4 Å². The summed E-state index contributed by atoms with van der Waals surface area (Å²) in [4.78, 5) is 34.4. The lowest BCUT2D eigenvalue weighted by Crippen LogP contribution is -2.34. The van der Waals surface area contributed by atoms with Gasteiger partial charge in [-0.15, -0.1) is 0 Å². The fourth-order valence-electron chi connectivity index (χ4n) is 3.85. The van der Waals surface area contributed by atoms with Crippen molar-refractivity contribution in [3.8, 4) is 5.75 Å². The Kier molecular flexibility index (Phi) is 6.31. The third-order valence-corrected chi connectivity index (χ3v) is 5.34. The lowest BCUT2D eigenvalue weighted by atomic mass is 10.0. The molecule has 1 aromatic heterocycles. The van der Waals surface area contributed by atoms with E-state index in [1.165, 1.54) is 4.90 Å². The molecular weight excluding hydrogens is 402 g/mol. The number of carbonyl (C=O) groups excluding carboxylic acids is 2. The van der Waals surface area contributed by atoms with Gasteiger partial charge in [-0.05, 0) is 61.4 Å². The van der Waals surface area contributed by atoms with Crippen molar-refractivity contribution in [3.63, 3.8) is 0 Å². The Morgan fingerprint density at radius 3 is 2.19 bits per heavy atom. The van der Waals surface area contributed by atoms with Gasteiger partial charge in [0.2, 0.25) is 0 Å². The molecule has 0 spiro atoms. The highest BCUT2D eigenvalue weighted by molar-refractivity contribution is 6.36. The highest BCUT2D eigenvalue weighted by Gasteiger charge is 2.41. The zero-order chi connectivity index (χ0) is 22.5. The number of benzene rings is 2. The van der Waals surface area contributed by atoms with Crippen LogP contribution in [0.2, 0.25) is 0 Å². The van der Waals surface area contributed by atoms with Gasteiger partial charge in [-0.3, -0.25) is 19.5 Å². The number of likely N-dealkylation sites (N-methyl/N-ethyl adjacent to an activating group) is 1. The van der Waals surface area contributed by atoms with Gasteiger partial charge in [0.1, 0.15) is 11.4 Å². The molecule has 0 N–H and O–H groups in total. The van der Waals surface area contributed by atoms with Crippen molar-refractivity contribution in [1.82, 2.24) is 9.88 Å². The molecule has 0 fully saturated rings. The highest BCUT2D eigenvalue weighted by Crippen LogP contribution is 2.35. The number of anilines is 1. The van der Waals surface area contributed by atoms with Gasteiger partial charge in [0.25, 0.3) is 11.8 Å². The van der Waals surface area contributed by atoms with Gasteiger partial charge in [0.05, 0.1) is 18.7 Å². The van der Waals surface area contributed by atoms with Crippen LogP contribution in [-0.2, 0) is 16.1 Å². The van der Waals surface area contributed by atoms with E-state index in [0.717, 1.165) is 17.0 Å². The molecule has 2 amide bonds. The summed E-state index contributed by atoms with van der Waals surface area (Å²) in [6, 6.07) is 20.6. The van der Waals surface area contributed by atoms with Gasteiger partial charge in [0, 0.05) is 24.6 Å². The normalized spacial score (nSPS) is 13.6. The molecule has 0 atom stereocenters. The standard InChI is InChI=1S/C26H25N3O3/c1-3-28(21-8-6-5-7-9-21)24-23(20-10-12-22(13-11-20)32-4-2)25(30)29(26(24)31)18-19-14-16-27-17-15-19/h5-17H,3-4,18H2,1-2H3. The SMILES string of the molecule is CCOc1ccc(C2=C(N(CC)c3ccccc3)C(=O)N(Cc3ccncc3)C2=O)cc1. The van der Waals surface area contributed by atoms with E-state index >= 15 is 0 Å². The number of aromatic nitrogens is 1. The maximum Gasteiger partial charge on any atom is 0.278 e. The van der Waals surface area contributed by atoms with E-state index in [1.807, 2.05) is 85.5 Å². The van der Waals surface area contributed by atoms with Gasteiger partial charge in [-0.1, -0.05) is 30.3 Å². The van der Waals surface area contributed by atoms with Crippen LogP contribution in [0.4, 0.5) is 5.69 Å². The third kappa shape index (κ3) is 4.12. The summed E-state index contributed by atoms with van der Waals surface area (Å²) in [5.74, 6) is 0.112. The number of para-hydroxylation sites is 1. The number of amides is 2. The Morgan fingerprint density at radius 1 is 0.875 bits per heavy atom. The molecule has 1 aliphatic rings. The Bertz CT molecular complexity index is 1130. The second-order valence-corrected chi connectivity index (χ2v) is 7.31. The number of rotatable bonds is 8. The molecule has 0 saturated heterocycles. The molecule has 0 aliphatic carbocycles. The van der Waals surface area contributed by atoms with E-state index in [4.69, 9.17) is 4.74 Å². The number of carbonyl (C=O) groups is 2. The van der Waals surface area contributed by atoms with E-state index < -0.39 is 0 Å². The van der Waals surface area contributed by atoms with E-state index in [0.29, 0.717) is 30.0 Å². The summed E-state index contributed by atoms with van der Waals surface area (Å²) >= 11 is 0. The molecule has 1 aliphatic heterocycles. The molecule has 0 bridgehead atoms. The first-order valence-corrected chi connectivity index (χ1v) is 10.7. The summed E-state index contributed by atoms with van der Waals surface area (Å²) in [6.07, 6.45) is 3.31. The summed E-state index contributed by atoms with van der Waals surface area (Å²) in [5, 5.41) is 0. The Balaban J connectivity index is 1.80. The molecule has 2 aromatic carbocycles. The summed E-state index contributed by atoms with van der Waals surface area (Å²) in [6.45, 7) is 5.18. The van der Waals surface area contributed by atoms with Crippen molar-refractivity contribution in [3.05, 3.63) is 95.9 Å². The number of hydrogen-bond donors (Lipinski definition) is 0. The number of imide groups is 1. The molecule has 2 heterocycles. The zero-order valence-electron chi connectivity index (χ0n) is 18.2. The smallest absolute Gasteiger partial charge is 0.278 e. The molecule has 6 heteroatoms. The lowest BCUT2D eigenvalue weighted by Gasteiger charge is -2.25. The van der Waals surface area contributed by atoms with Crippen molar-refractivity contribution < 1.29 is 14.3 Å². The minimum Gasteiger partial charge on any atom is -0.494 e. The number of hydrogen-bond acceptors (Lipinski definition) is 5. The zero-order valence-corrected chi connectivity index (χ0v) is 18.2. The molecule has 4 rings (SSSR count). The van der Waals surface area contributed by atoms with E-state index in [2.05, 4.69) is 4.98 Å². The van der Waals surface area contributed by atoms with Crippen LogP contribution in [0.25, 0.3) is 5.57 Å². The average Bonchev–Trinajstić information content (AvgIpc) is 3.07. The van der Waals surface area contributed by atoms with Crippen LogP contribution in [-0.4, -0.2) is 34.8 Å². The van der Waals surface area contributed by atoms with Crippen LogP contribution in [0.3, 0.4) is 0 Å². The second kappa shape index (κ2) is 9.47. The summed E-state index contributed by atoms with van der Waals surface area (Å²) in [5.41, 5.74) is 3.19. The predicted molar refractivity (Wildman–Crippen MR) is 124 cm³/mol. The minimum absolute atomic E-state index is 0.191. The van der Waals surface area contributed by atoms with Crippen LogP contribution in [0, 0.1) is 0 Å². The largest absolute Gasteiger partial charge is 0.494 e. The second-order valence-electron chi connectivity index (χ2n) is 7.31. The quantitative estimate of drug-likeness (QED) is 0.502. The monoisotopic (exact) mass is 427 g/mol. The van der Waals surface area contributed by atoms with Crippen molar-refractivity contribution >= 4 is 23.1 Å². The van der Waals surface area contributed by atoms with Crippen molar-refractivity contribution in [1.29, 1.82) is 0 Å². The first kappa shape index (κ1) is 21.3. The van der Waals surface area contributed by atoms with E-state index in [1.54, 1.807) is 12.4 Å². The van der Waals surface area contributed by atoms with Crippen LogP contribution in [0.5, 0.6) is 5.75 Å². The fraction of sp³-hybridized carbons (Fsp3) is 0.192. The minimum atomic E-state index is -0.305. The molecular formula is C26H25N3O3. The number of ether oxygens (including phenoxy) is 1. The van der Waals surface area contributed by atoms with Crippen LogP contribution in [0.1, 0.15) is 25.0 Å². The molecule has 32 heavy (non-hydrogen) atoms. The Morgan fingerprint density at radius 2 is 1.56 bits per heavy atom. The van der Waals surface area contributed by atoms with Crippen molar-refractivity contribution in [2.75, 3.05) is 18.1 Å². The van der Waals surface area contributed by atoms with E-state index in [9.17, 15) is 9.59 Å². The number of pyridine rings is 1. The summed E-state index contributed by atoms with van der Waals surface area (Å²) < 4.78 is 5.54. The highest BCUT2D eigenvalue weighted by atomic mass is 16.5. The topological polar surface area (TPSA) is 62.7 Å². The van der Waals surface area contributed by atoms with Gasteiger partial charge >= 0.3 is 0 Å². The van der Waals surface area contributed by atoms with Crippen LogP contribution < -0.4 is 9.64 Å². The van der Waals surface area contributed by atoms with Crippen LogP contribution in [0.15, 0.2) is 84.8 Å². The summed E-state index contributed by atoms with van der Waals surface area (Å²) in [7, 11) is 0. The molecule has 0 radical (unpaired) electrons. The van der Waals surface area contributed by atoms with Gasteiger partial charge in [-0.25, -0.2) is 0 Å². The Labute approximate surface area is 187 Å². The number of nitrogens with zero attached hydrogens (tertiary/aromatic N) is 3. The molecule has 162 valence electrons.